The lowest BCUT2D eigenvalue weighted by Crippen LogP contribution is -2.36. The van der Waals surface area contributed by atoms with Crippen molar-refractivity contribution < 1.29 is 9.59 Å². The van der Waals surface area contributed by atoms with Crippen LogP contribution in [0, 0.1) is 0 Å². The summed E-state index contributed by atoms with van der Waals surface area (Å²) in [5.74, 6) is 0.277. The van der Waals surface area contributed by atoms with Crippen molar-refractivity contribution in [3.8, 4) is 0 Å². The van der Waals surface area contributed by atoms with Crippen molar-refractivity contribution in [3.63, 3.8) is 0 Å². The maximum atomic E-state index is 11.7. The van der Waals surface area contributed by atoms with Crippen LogP contribution in [0.15, 0.2) is 0 Å². The molecule has 6 heteroatoms. The van der Waals surface area contributed by atoms with Crippen LogP contribution in [-0.2, 0) is 9.59 Å². The molecule has 0 radical (unpaired) electrons. The largest absolute Gasteiger partial charge is 0.355 e. The summed E-state index contributed by atoms with van der Waals surface area (Å²) in [5, 5.41) is 5.61. The number of hydrogen-bond acceptors (Lipinski definition) is 3. The normalized spacial score (nSPS) is 15.8. The quantitative estimate of drug-likeness (QED) is 0.697. The van der Waals surface area contributed by atoms with Crippen LogP contribution in [0.2, 0.25) is 0 Å². The maximum Gasteiger partial charge on any atom is 0.233 e. The molecule has 0 aliphatic carbocycles. The van der Waals surface area contributed by atoms with Crippen molar-refractivity contribution in [1.29, 1.82) is 0 Å². The molecule has 18 heavy (non-hydrogen) atoms. The second kappa shape index (κ2) is 10.1. The van der Waals surface area contributed by atoms with Crippen molar-refractivity contribution in [3.05, 3.63) is 0 Å². The fraction of sp³-hybridized carbons (Fsp3) is 0.833. The van der Waals surface area contributed by atoms with Crippen molar-refractivity contribution in [2.75, 3.05) is 33.2 Å². The monoisotopic (exact) mass is 277 g/mol. The minimum atomic E-state index is 0. The first-order chi connectivity index (χ1) is 8.24. The second-order valence-electron chi connectivity index (χ2n) is 4.43. The molecule has 1 aliphatic heterocycles. The lowest BCUT2D eigenvalue weighted by Gasteiger charge is -2.20. The van der Waals surface area contributed by atoms with E-state index in [0.29, 0.717) is 19.5 Å². The van der Waals surface area contributed by atoms with Gasteiger partial charge in [-0.05, 0) is 26.3 Å². The second-order valence-corrected chi connectivity index (χ2v) is 4.43. The zero-order chi connectivity index (χ0) is 12.5. The summed E-state index contributed by atoms with van der Waals surface area (Å²) in [6, 6.07) is 0. The van der Waals surface area contributed by atoms with Crippen LogP contribution >= 0.6 is 12.4 Å². The Morgan fingerprint density at radius 3 is 2.83 bits per heavy atom. The summed E-state index contributed by atoms with van der Waals surface area (Å²) in [5.41, 5.74) is 0. The molecule has 2 amide bonds. The molecule has 2 N–H and O–H groups in total. The van der Waals surface area contributed by atoms with Gasteiger partial charge in [0, 0.05) is 26.1 Å². The van der Waals surface area contributed by atoms with E-state index in [9.17, 15) is 9.59 Å². The standard InChI is InChI=1S/C12H23N3O2.ClH/c1-13-10-11(16)14-7-5-9-15-8-4-2-3-6-12(15)17;/h13H,2-10H2,1H3,(H,14,16);1H. The summed E-state index contributed by atoms with van der Waals surface area (Å²) >= 11 is 0. The number of rotatable bonds is 6. The number of amides is 2. The molecule has 1 saturated heterocycles. The third kappa shape index (κ3) is 6.81. The number of halogens is 1. The van der Waals surface area contributed by atoms with E-state index in [4.69, 9.17) is 0 Å². The number of nitrogens with zero attached hydrogens (tertiary/aromatic N) is 1. The highest BCUT2D eigenvalue weighted by Crippen LogP contribution is 2.10. The molecule has 0 spiro atoms. The van der Waals surface area contributed by atoms with Crippen LogP contribution in [0.1, 0.15) is 32.1 Å². The predicted molar refractivity (Wildman–Crippen MR) is 73.8 cm³/mol. The molecule has 5 nitrogen and oxygen atoms in total. The average Bonchev–Trinajstić information content (AvgIpc) is 2.50. The first-order valence-corrected chi connectivity index (χ1v) is 6.43. The first kappa shape index (κ1) is 17.2. The fourth-order valence-electron chi connectivity index (χ4n) is 2.00. The third-order valence-corrected chi connectivity index (χ3v) is 2.94. The van der Waals surface area contributed by atoms with Gasteiger partial charge in [0.1, 0.15) is 0 Å². The first-order valence-electron chi connectivity index (χ1n) is 6.43. The summed E-state index contributed by atoms with van der Waals surface area (Å²) in [4.78, 5) is 24.8. The van der Waals surface area contributed by atoms with Crippen molar-refractivity contribution in [2.45, 2.75) is 32.1 Å². The zero-order valence-corrected chi connectivity index (χ0v) is 11.9. The van der Waals surface area contributed by atoms with E-state index >= 15 is 0 Å². The van der Waals surface area contributed by atoms with Crippen LogP contribution in [0.5, 0.6) is 0 Å². The van der Waals surface area contributed by atoms with Crippen LogP contribution in [-0.4, -0.2) is 49.9 Å². The highest BCUT2D eigenvalue weighted by Gasteiger charge is 2.15. The molecular formula is C12H24ClN3O2. The summed E-state index contributed by atoms with van der Waals surface area (Å²) in [6.07, 6.45) is 4.81. The van der Waals surface area contributed by atoms with Crippen LogP contribution in [0.4, 0.5) is 0 Å². The van der Waals surface area contributed by atoms with E-state index in [0.717, 1.165) is 38.8 Å². The van der Waals surface area contributed by atoms with Gasteiger partial charge in [0.25, 0.3) is 0 Å². The number of carbonyl (C=O) groups is 2. The Labute approximate surface area is 115 Å². The summed E-state index contributed by atoms with van der Waals surface area (Å²) in [7, 11) is 1.75. The van der Waals surface area contributed by atoms with Gasteiger partial charge in [-0.25, -0.2) is 0 Å². The van der Waals surface area contributed by atoms with Gasteiger partial charge in [0.05, 0.1) is 6.54 Å². The molecule has 0 atom stereocenters. The lowest BCUT2D eigenvalue weighted by molar-refractivity contribution is -0.130. The van der Waals surface area contributed by atoms with Crippen molar-refractivity contribution >= 4 is 24.2 Å². The molecule has 0 aromatic heterocycles. The van der Waals surface area contributed by atoms with Gasteiger partial charge in [-0.3, -0.25) is 9.59 Å². The highest BCUT2D eigenvalue weighted by atomic mass is 35.5. The number of nitrogens with one attached hydrogen (secondary N) is 2. The third-order valence-electron chi connectivity index (χ3n) is 2.94. The Balaban J connectivity index is 0.00000289. The zero-order valence-electron chi connectivity index (χ0n) is 11.0. The maximum absolute atomic E-state index is 11.7. The van der Waals surface area contributed by atoms with E-state index < -0.39 is 0 Å². The molecular weight excluding hydrogens is 254 g/mol. The minimum absolute atomic E-state index is 0. The van der Waals surface area contributed by atoms with E-state index in [-0.39, 0.29) is 24.2 Å². The van der Waals surface area contributed by atoms with E-state index in [2.05, 4.69) is 10.6 Å². The van der Waals surface area contributed by atoms with Gasteiger partial charge in [-0.15, -0.1) is 12.4 Å². The smallest absolute Gasteiger partial charge is 0.233 e. The lowest BCUT2D eigenvalue weighted by atomic mass is 10.2. The predicted octanol–water partition coefficient (Wildman–Crippen LogP) is 0.536. The molecule has 1 rings (SSSR count). The molecule has 0 unspecified atom stereocenters. The van der Waals surface area contributed by atoms with Crippen molar-refractivity contribution in [2.24, 2.45) is 0 Å². The minimum Gasteiger partial charge on any atom is -0.355 e. The van der Waals surface area contributed by atoms with E-state index in [1.807, 2.05) is 4.90 Å². The average molecular weight is 278 g/mol. The molecule has 1 heterocycles. The Morgan fingerprint density at radius 2 is 2.11 bits per heavy atom. The molecule has 0 aromatic carbocycles. The molecule has 106 valence electrons. The van der Waals surface area contributed by atoms with Gasteiger partial charge < -0.3 is 15.5 Å². The SMILES string of the molecule is CNCC(=O)NCCCN1CCCCCC1=O.Cl. The van der Waals surface area contributed by atoms with Gasteiger partial charge >= 0.3 is 0 Å². The molecule has 1 fully saturated rings. The number of hydrogen-bond donors (Lipinski definition) is 2. The summed E-state index contributed by atoms with van der Waals surface area (Å²) in [6.45, 7) is 2.63. The van der Waals surface area contributed by atoms with E-state index in [1.165, 1.54) is 0 Å². The van der Waals surface area contributed by atoms with Crippen LogP contribution in [0.25, 0.3) is 0 Å². The summed E-state index contributed by atoms with van der Waals surface area (Å²) < 4.78 is 0. The number of carbonyl (C=O) groups excluding carboxylic acids is 2. The Hall–Kier alpha value is -0.810. The topological polar surface area (TPSA) is 61.4 Å². The highest BCUT2D eigenvalue weighted by molar-refractivity contribution is 5.85. The Kier molecular flexibility index (Phi) is 9.69. The van der Waals surface area contributed by atoms with Gasteiger partial charge in [-0.2, -0.15) is 0 Å². The Bertz CT molecular complexity index is 262. The molecule has 0 aromatic rings. The Morgan fingerprint density at radius 1 is 1.33 bits per heavy atom. The molecule has 0 bridgehead atoms. The van der Waals surface area contributed by atoms with Gasteiger partial charge in [0.15, 0.2) is 0 Å². The fourth-order valence-corrected chi connectivity index (χ4v) is 2.00. The van der Waals surface area contributed by atoms with E-state index in [1.54, 1.807) is 7.05 Å². The molecule has 0 saturated carbocycles. The number of likely N-dealkylation sites (tertiary alicyclic amines) is 1. The van der Waals surface area contributed by atoms with Crippen molar-refractivity contribution in [1.82, 2.24) is 15.5 Å². The van der Waals surface area contributed by atoms with Gasteiger partial charge in [0.2, 0.25) is 11.8 Å². The van der Waals surface area contributed by atoms with Crippen LogP contribution < -0.4 is 10.6 Å². The van der Waals surface area contributed by atoms with Gasteiger partial charge in [-0.1, -0.05) is 6.42 Å². The van der Waals surface area contributed by atoms with Crippen LogP contribution in [0.3, 0.4) is 0 Å². The molecule has 1 aliphatic rings. The number of likely N-dealkylation sites (N-methyl/N-ethyl adjacent to an activating group) is 1.